The molecule has 0 saturated carbocycles. The predicted octanol–water partition coefficient (Wildman–Crippen LogP) is 7.82. The summed E-state index contributed by atoms with van der Waals surface area (Å²) in [5, 5.41) is 0. The van der Waals surface area contributed by atoms with Crippen molar-refractivity contribution in [2.75, 3.05) is 0 Å². The first-order valence-electron chi connectivity index (χ1n) is 15.4. The van der Waals surface area contributed by atoms with Crippen molar-refractivity contribution >= 4 is 11.9 Å². The SMILES string of the molecule is O=C(OC(C1CC=CCC1)C1CC=CCC1)C1C=CCCC1C(=O)OC(C1CC=CCC1)C1CC=CCC1. The monoisotopic (exact) mass is 518 g/mol. The number of rotatable bonds is 8. The van der Waals surface area contributed by atoms with Crippen molar-refractivity contribution in [1.82, 2.24) is 0 Å². The number of allylic oxidation sites excluding steroid dienone is 9. The number of hydrogen-bond acceptors (Lipinski definition) is 4. The highest BCUT2D eigenvalue weighted by Gasteiger charge is 2.42. The second-order valence-electron chi connectivity index (χ2n) is 12.1. The Hall–Kier alpha value is -2.36. The molecule has 0 aromatic heterocycles. The van der Waals surface area contributed by atoms with Gasteiger partial charge in [-0.1, -0.05) is 60.8 Å². The summed E-state index contributed by atoms with van der Waals surface area (Å²) in [6.45, 7) is 0. The Balaban J connectivity index is 1.29. The van der Waals surface area contributed by atoms with Gasteiger partial charge in [0.25, 0.3) is 0 Å². The van der Waals surface area contributed by atoms with Gasteiger partial charge >= 0.3 is 11.9 Å². The fourth-order valence-electron chi connectivity index (χ4n) is 7.39. The summed E-state index contributed by atoms with van der Waals surface area (Å²) in [5.74, 6) is 0.0451. The van der Waals surface area contributed by atoms with E-state index in [0.29, 0.717) is 30.1 Å². The molecule has 6 atom stereocenters. The van der Waals surface area contributed by atoms with Crippen LogP contribution in [0.2, 0.25) is 0 Å². The van der Waals surface area contributed by atoms with Crippen LogP contribution in [0.5, 0.6) is 0 Å². The van der Waals surface area contributed by atoms with Crippen LogP contribution in [0.1, 0.15) is 89.9 Å². The van der Waals surface area contributed by atoms with Gasteiger partial charge in [0.1, 0.15) is 12.2 Å². The second kappa shape index (κ2) is 13.6. The van der Waals surface area contributed by atoms with Crippen molar-refractivity contribution in [1.29, 1.82) is 0 Å². The summed E-state index contributed by atoms with van der Waals surface area (Å²) in [5.41, 5.74) is 0. The predicted molar refractivity (Wildman–Crippen MR) is 151 cm³/mol. The smallest absolute Gasteiger partial charge is 0.313 e. The largest absolute Gasteiger partial charge is 0.462 e. The molecule has 6 unspecified atom stereocenters. The highest BCUT2D eigenvalue weighted by molar-refractivity contribution is 5.84. The average Bonchev–Trinajstić information content (AvgIpc) is 3.00. The molecule has 0 aromatic carbocycles. The van der Waals surface area contributed by atoms with E-state index < -0.39 is 11.8 Å². The molecular weight excluding hydrogens is 472 g/mol. The molecule has 0 aliphatic heterocycles. The Bertz CT molecular complexity index is 908. The third-order valence-corrected chi connectivity index (χ3v) is 9.60. The molecule has 5 aliphatic carbocycles. The third kappa shape index (κ3) is 6.79. The molecule has 4 heteroatoms. The Morgan fingerprint density at radius 2 is 0.895 bits per heavy atom. The first kappa shape index (κ1) is 27.2. The fraction of sp³-hybridized carbons (Fsp3) is 0.647. The van der Waals surface area contributed by atoms with E-state index in [4.69, 9.17) is 9.47 Å². The molecule has 0 heterocycles. The maximum absolute atomic E-state index is 13.8. The van der Waals surface area contributed by atoms with Gasteiger partial charge in [0.2, 0.25) is 0 Å². The van der Waals surface area contributed by atoms with Gasteiger partial charge in [-0.05, 0) is 114 Å². The van der Waals surface area contributed by atoms with Crippen LogP contribution >= 0.6 is 0 Å². The zero-order valence-corrected chi connectivity index (χ0v) is 22.9. The van der Waals surface area contributed by atoms with Crippen LogP contribution in [0, 0.1) is 35.5 Å². The quantitative estimate of drug-likeness (QED) is 0.243. The summed E-state index contributed by atoms with van der Waals surface area (Å²) >= 11 is 0. The van der Waals surface area contributed by atoms with Crippen LogP contribution in [-0.4, -0.2) is 24.1 Å². The minimum atomic E-state index is -0.546. The number of ether oxygens (including phenoxy) is 2. The Labute approximate surface area is 229 Å². The van der Waals surface area contributed by atoms with Crippen LogP contribution in [0.25, 0.3) is 0 Å². The molecule has 0 N–H and O–H groups in total. The van der Waals surface area contributed by atoms with Crippen LogP contribution in [0.3, 0.4) is 0 Å². The Morgan fingerprint density at radius 3 is 1.29 bits per heavy atom. The molecule has 0 aromatic rings. The summed E-state index contributed by atoms with van der Waals surface area (Å²) in [6, 6.07) is 0. The lowest BCUT2D eigenvalue weighted by Crippen LogP contribution is -2.42. The lowest BCUT2D eigenvalue weighted by Gasteiger charge is -2.38. The van der Waals surface area contributed by atoms with Crippen LogP contribution in [0.4, 0.5) is 0 Å². The fourth-order valence-corrected chi connectivity index (χ4v) is 7.39. The lowest BCUT2D eigenvalue weighted by molar-refractivity contribution is -0.172. The minimum absolute atomic E-state index is 0.0734. The number of carbonyl (C=O) groups is 2. The van der Waals surface area contributed by atoms with Gasteiger partial charge < -0.3 is 9.47 Å². The Morgan fingerprint density at radius 1 is 0.500 bits per heavy atom. The van der Waals surface area contributed by atoms with Crippen LogP contribution < -0.4 is 0 Å². The molecule has 0 saturated heterocycles. The van der Waals surface area contributed by atoms with Crippen molar-refractivity contribution in [3.05, 3.63) is 60.8 Å². The zero-order valence-electron chi connectivity index (χ0n) is 22.9. The summed E-state index contributed by atoms with van der Waals surface area (Å²) in [6.07, 6.45) is 35.6. The van der Waals surface area contributed by atoms with Gasteiger partial charge in [0.05, 0.1) is 11.8 Å². The first-order valence-corrected chi connectivity index (χ1v) is 15.4. The molecule has 0 amide bonds. The van der Waals surface area contributed by atoms with Crippen LogP contribution in [-0.2, 0) is 19.1 Å². The lowest BCUT2D eigenvalue weighted by atomic mass is 9.77. The number of esters is 2. The van der Waals surface area contributed by atoms with Crippen molar-refractivity contribution < 1.29 is 19.1 Å². The Kier molecular flexibility index (Phi) is 9.76. The van der Waals surface area contributed by atoms with Gasteiger partial charge in [0.15, 0.2) is 0 Å². The van der Waals surface area contributed by atoms with E-state index in [1.807, 2.05) is 12.2 Å². The molecule has 0 bridgehead atoms. The highest BCUT2D eigenvalue weighted by atomic mass is 16.6. The summed E-state index contributed by atoms with van der Waals surface area (Å²) < 4.78 is 12.8. The molecule has 0 radical (unpaired) electrons. The van der Waals surface area contributed by atoms with E-state index in [2.05, 4.69) is 48.6 Å². The third-order valence-electron chi connectivity index (χ3n) is 9.60. The van der Waals surface area contributed by atoms with Crippen molar-refractivity contribution in [2.24, 2.45) is 35.5 Å². The first-order chi connectivity index (χ1) is 18.7. The molecule has 0 spiro atoms. The molecular formula is C34H46O4. The second-order valence-corrected chi connectivity index (χ2v) is 12.1. The number of carbonyl (C=O) groups excluding carboxylic acids is 2. The molecule has 0 fully saturated rings. The minimum Gasteiger partial charge on any atom is -0.462 e. The molecule has 206 valence electrons. The maximum Gasteiger partial charge on any atom is 0.313 e. The molecule has 5 aliphatic rings. The van der Waals surface area contributed by atoms with Crippen molar-refractivity contribution in [3.8, 4) is 0 Å². The van der Waals surface area contributed by atoms with E-state index in [1.54, 1.807) is 0 Å². The summed E-state index contributed by atoms with van der Waals surface area (Å²) in [4.78, 5) is 27.5. The van der Waals surface area contributed by atoms with Gasteiger partial charge in [-0.2, -0.15) is 0 Å². The van der Waals surface area contributed by atoms with Crippen LogP contribution in [0.15, 0.2) is 60.8 Å². The van der Waals surface area contributed by atoms with Crippen molar-refractivity contribution in [3.63, 3.8) is 0 Å². The van der Waals surface area contributed by atoms with Gasteiger partial charge in [0, 0.05) is 0 Å². The average molecular weight is 519 g/mol. The van der Waals surface area contributed by atoms with E-state index in [-0.39, 0.29) is 24.1 Å². The molecule has 4 nitrogen and oxygen atoms in total. The normalized spacial score (nSPS) is 34.4. The maximum atomic E-state index is 13.8. The molecule has 5 rings (SSSR count). The van der Waals surface area contributed by atoms with Gasteiger partial charge in [-0.25, -0.2) is 0 Å². The number of hydrogen-bond donors (Lipinski definition) is 0. The van der Waals surface area contributed by atoms with E-state index in [0.717, 1.165) is 83.5 Å². The topological polar surface area (TPSA) is 52.6 Å². The van der Waals surface area contributed by atoms with E-state index in [1.165, 1.54) is 0 Å². The standard InChI is InChI=1S/C34H46O4/c35-33(37-31(25-15-5-1-6-16-25)26-17-7-2-8-18-26)29-23-13-14-24-30(29)34(36)38-32(27-19-9-3-10-20-27)28-21-11-4-12-22-28/h1-5,7,9,11,13,23,25-32H,6,8,10,12,14-22,24H2. The van der Waals surface area contributed by atoms with Gasteiger partial charge in [-0.15, -0.1) is 0 Å². The van der Waals surface area contributed by atoms with Crippen molar-refractivity contribution in [2.45, 2.75) is 102 Å². The summed E-state index contributed by atoms with van der Waals surface area (Å²) in [7, 11) is 0. The zero-order chi connectivity index (χ0) is 26.2. The van der Waals surface area contributed by atoms with E-state index >= 15 is 0 Å². The molecule has 38 heavy (non-hydrogen) atoms. The van der Waals surface area contributed by atoms with Gasteiger partial charge in [-0.3, -0.25) is 9.59 Å². The van der Waals surface area contributed by atoms with E-state index in [9.17, 15) is 9.59 Å². The highest BCUT2D eigenvalue weighted by Crippen LogP contribution is 2.38.